The molecule has 2 heterocycles. The van der Waals surface area contributed by atoms with Gasteiger partial charge in [-0.05, 0) is 0 Å². The number of aliphatic hydroxyl groups is 1. The van der Waals surface area contributed by atoms with Gasteiger partial charge in [0.1, 0.15) is 0 Å². The zero-order chi connectivity index (χ0) is 10.8. The second-order valence-electron chi connectivity index (χ2n) is 3.92. The summed E-state index contributed by atoms with van der Waals surface area (Å²) in [5, 5.41) is 9.50. The van der Waals surface area contributed by atoms with Crippen molar-refractivity contribution in [3.8, 4) is 0 Å². The van der Waals surface area contributed by atoms with Gasteiger partial charge in [-0.1, -0.05) is 0 Å². The maximum atomic E-state index is 9.46. The second-order valence-corrected chi connectivity index (χ2v) is 5.57. The number of hydrogen-bond acceptors (Lipinski definition) is 3. The SMILES string of the molecule is [Li][c]1cc(N2CCCCC2)c(C(O)=S)s1. The summed E-state index contributed by atoms with van der Waals surface area (Å²) in [5.41, 5.74) is 1.13. The molecule has 15 heavy (non-hydrogen) atoms. The molecular formula is C10H12LiNOS2. The predicted molar refractivity (Wildman–Crippen MR) is 70.1 cm³/mol. The van der Waals surface area contributed by atoms with E-state index in [1.807, 2.05) is 0 Å². The van der Waals surface area contributed by atoms with Gasteiger partial charge in [0.2, 0.25) is 0 Å². The number of nitrogens with zero attached hydrogens (tertiary/aromatic N) is 1. The van der Waals surface area contributed by atoms with Crippen molar-refractivity contribution < 1.29 is 5.11 Å². The van der Waals surface area contributed by atoms with E-state index in [1.165, 1.54) is 22.8 Å². The van der Waals surface area contributed by atoms with E-state index < -0.39 is 0 Å². The van der Waals surface area contributed by atoms with Crippen LogP contribution in [-0.2, 0) is 0 Å². The second kappa shape index (κ2) is 4.88. The molecule has 2 nitrogen and oxygen atoms in total. The third kappa shape index (κ3) is 2.57. The van der Waals surface area contributed by atoms with Crippen molar-refractivity contribution in [1.29, 1.82) is 0 Å². The Labute approximate surface area is 108 Å². The predicted octanol–water partition coefficient (Wildman–Crippen LogP) is 1.77. The summed E-state index contributed by atoms with van der Waals surface area (Å²) in [6.45, 7) is 2.18. The molecule has 0 aromatic carbocycles. The number of hydrogen-bond donors (Lipinski definition) is 1. The maximum absolute atomic E-state index is 9.46. The first-order valence-electron chi connectivity index (χ1n) is 5.27. The number of thiophene rings is 1. The van der Waals surface area contributed by atoms with Gasteiger partial charge < -0.3 is 0 Å². The molecule has 1 N–H and O–H groups in total. The van der Waals surface area contributed by atoms with Gasteiger partial charge >= 0.3 is 109 Å². The summed E-state index contributed by atoms with van der Waals surface area (Å²) in [4.78, 5) is 3.20. The molecule has 0 unspecified atom stereocenters. The number of rotatable bonds is 2. The van der Waals surface area contributed by atoms with E-state index in [-0.39, 0.29) is 5.05 Å². The quantitative estimate of drug-likeness (QED) is 0.622. The van der Waals surface area contributed by atoms with Crippen LogP contribution in [0.2, 0.25) is 0 Å². The van der Waals surface area contributed by atoms with E-state index in [0.717, 1.165) is 23.7 Å². The molecule has 2 rings (SSSR count). The average molecular weight is 233 g/mol. The van der Waals surface area contributed by atoms with E-state index in [4.69, 9.17) is 12.2 Å². The van der Waals surface area contributed by atoms with Crippen molar-refractivity contribution in [2.75, 3.05) is 18.0 Å². The Hall–Kier alpha value is -0.0126. The number of piperidine rings is 1. The Morgan fingerprint density at radius 1 is 1.40 bits per heavy atom. The normalized spacial score (nSPS) is 16.8. The molecule has 1 fully saturated rings. The molecule has 0 spiro atoms. The fourth-order valence-corrected chi connectivity index (χ4v) is 3.13. The Morgan fingerprint density at radius 2 is 2.07 bits per heavy atom. The standard InChI is InChI=1S/C10H12NOS2.Li/c12-10(13)9-8(4-7-14-9)11-5-2-1-3-6-11;/h4H,1-3,5-6H2,(H,12,13);. The van der Waals surface area contributed by atoms with Gasteiger partial charge in [-0.2, -0.15) is 0 Å². The summed E-state index contributed by atoms with van der Waals surface area (Å²) in [5.74, 6) is 0. The topological polar surface area (TPSA) is 23.5 Å². The van der Waals surface area contributed by atoms with Crippen LogP contribution in [0.1, 0.15) is 24.1 Å². The van der Waals surface area contributed by atoms with E-state index in [9.17, 15) is 5.11 Å². The van der Waals surface area contributed by atoms with Crippen molar-refractivity contribution in [2.24, 2.45) is 0 Å². The van der Waals surface area contributed by atoms with Crippen LogP contribution in [0.25, 0.3) is 0 Å². The summed E-state index contributed by atoms with van der Waals surface area (Å²) in [7, 11) is 0. The van der Waals surface area contributed by atoms with Crippen LogP contribution in [0.15, 0.2) is 6.07 Å². The van der Waals surface area contributed by atoms with Crippen LogP contribution in [0.3, 0.4) is 0 Å². The molecule has 0 aliphatic carbocycles. The molecule has 1 aliphatic heterocycles. The summed E-state index contributed by atoms with van der Waals surface area (Å²) in [6, 6.07) is 2.13. The van der Waals surface area contributed by atoms with Gasteiger partial charge in [-0.15, -0.1) is 0 Å². The monoisotopic (exact) mass is 233 g/mol. The van der Waals surface area contributed by atoms with Crippen LogP contribution in [0.4, 0.5) is 5.69 Å². The molecule has 0 atom stereocenters. The Balaban J connectivity index is 2.28. The fraction of sp³-hybridized carbons (Fsp3) is 0.500. The van der Waals surface area contributed by atoms with Gasteiger partial charge in [0.25, 0.3) is 0 Å². The van der Waals surface area contributed by atoms with Crippen molar-refractivity contribution in [3.63, 3.8) is 0 Å². The minimum absolute atomic E-state index is 0.0358. The summed E-state index contributed by atoms with van der Waals surface area (Å²) >= 11 is 8.51. The van der Waals surface area contributed by atoms with Crippen LogP contribution in [0, 0.1) is 0 Å². The molecule has 5 heteroatoms. The van der Waals surface area contributed by atoms with E-state index in [1.54, 1.807) is 11.3 Å². The molecule has 1 aliphatic rings. The number of aliphatic hydroxyl groups excluding tert-OH is 1. The first-order chi connectivity index (χ1) is 7.18. The third-order valence-corrected chi connectivity index (χ3v) is 4.11. The summed E-state index contributed by atoms with van der Waals surface area (Å²) in [6.07, 6.45) is 3.80. The van der Waals surface area contributed by atoms with Crippen molar-refractivity contribution in [1.82, 2.24) is 0 Å². The van der Waals surface area contributed by atoms with Crippen molar-refractivity contribution in [3.05, 3.63) is 10.9 Å². The molecule has 0 bridgehead atoms. The van der Waals surface area contributed by atoms with E-state index in [2.05, 4.69) is 28.7 Å². The number of anilines is 1. The van der Waals surface area contributed by atoms with Crippen LogP contribution in [-0.4, -0.2) is 41.0 Å². The molecular weight excluding hydrogens is 221 g/mol. The Bertz CT molecular complexity index is 371. The van der Waals surface area contributed by atoms with Crippen LogP contribution in [0.5, 0.6) is 0 Å². The summed E-state index contributed by atoms with van der Waals surface area (Å²) < 4.78 is 1.21. The molecule has 1 aromatic heterocycles. The van der Waals surface area contributed by atoms with Gasteiger partial charge in [-0.3, -0.25) is 0 Å². The molecule has 1 aromatic rings. The van der Waals surface area contributed by atoms with Gasteiger partial charge in [0.05, 0.1) is 0 Å². The zero-order valence-electron chi connectivity index (χ0n) is 8.82. The molecule has 0 radical (unpaired) electrons. The van der Waals surface area contributed by atoms with E-state index >= 15 is 0 Å². The van der Waals surface area contributed by atoms with Crippen molar-refractivity contribution in [2.45, 2.75) is 19.3 Å². The first kappa shape index (κ1) is 11.5. The van der Waals surface area contributed by atoms with Crippen molar-refractivity contribution >= 4 is 55.6 Å². The molecule has 0 amide bonds. The molecule has 1 saturated heterocycles. The molecule has 0 saturated carbocycles. The fourth-order valence-electron chi connectivity index (χ4n) is 2.02. The minimum atomic E-state index is 0.0358. The third-order valence-electron chi connectivity index (χ3n) is 2.73. The van der Waals surface area contributed by atoms with Gasteiger partial charge in [0.15, 0.2) is 0 Å². The first-order valence-corrected chi connectivity index (χ1v) is 6.49. The van der Waals surface area contributed by atoms with E-state index in [0.29, 0.717) is 0 Å². The average Bonchev–Trinajstić information content (AvgIpc) is 2.62. The van der Waals surface area contributed by atoms with Crippen LogP contribution < -0.4 is 8.45 Å². The Kier molecular flexibility index (Phi) is 3.73. The van der Waals surface area contributed by atoms with Gasteiger partial charge in [-0.25, -0.2) is 0 Å². The van der Waals surface area contributed by atoms with Gasteiger partial charge in [0, 0.05) is 0 Å². The zero-order valence-corrected chi connectivity index (χ0v) is 10.5. The molecule has 76 valence electrons. The Morgan fingerprint density at radius 3 is 2.67 bits per heavy atom. The number of thiocarbonyl (C=S) groups is 1. The van der Waals surface area contributed by atoms with Crippen LogP contribution >= 0.6 is 23.6 Å².